The number of halogens is 3. The van der Waals surface area contributed by atoms with Gasteiger partial charge < -0.3 is 10.8 Å². The van der Waals surface area contributed by atoms with Gasteiger partial charge in [-0.2, -0.15) is 0 Å². The van der Waals surface area contributed by atoms with Crippen molar-refractivity contribution < 1.29 is 9.90 Å². The van der Waals surface area contributed by atoms with Gasteiger partial charge in [0.1, 0.15) is 10.9 Å². The van der Waals surface area contributed by atoms with Crippen LogP contribution in [0.3, 0.4) is 0 Å². The zero-order valence-electron chi connectivity index (χ0n) is 4.80. The molecule has 60 valence electrons. The lowest BCUT2D eigenvalue weighted by molar-refractivity contribution is -0.138. The van der Waals surface area contributed by atoms with E-state index < -0.39 is 22.2 Å². The Labute approximate surface area is 73.0 Å². The average Bonchev–Trinajstić information content (AvgIpc) is 1.84. The highest BCUT2D eigenvalue weighted by atomic mass is 35.5. The first-order valence-electron chi connectivity index (χ1n) is 2.37. The number of alkyl halides is 3. The Bertz CT molecular complexity index is 130. The lowest BCUT2D eigenvalue weighted by Crippen LogP contribution is -2.41. The largest absolute Gasteiger partial charge is 0.480 e. The van der Waals surface area contributed by atoms with Gasteiger partial charge in [-0.15, -0.1) is 34.8 Å². The van der Waals surface area contributed by atoms with E-state index in [0.717, 1.165) is 0 Å². The summed E-state index contributed by atoms with van der Waals surface area (Å²) < 4.78 is 0. The van der Waals surface area contributed by atoms with Crippen LogP contribution in [-0.4, -0.2) is 27.3 Å². The Morgan fingerprint density at radius 1 is 1.40 bits per heavy atom. The molecule has 0 aliphatic heterocycles. The van der Waals surface area contributed by atoms with Crippen molar-refractivity contribution in [2.45, 2.75) is 16.3 Å². The molecule has 0 aliphatic carbocycles. The van der Waals surface area contributed by atoms with Crippen LogP contribution in [-0.2, 0) is 4.79 Å². The van der Waals surface area contributed by atoms with E-state index in [2.05, 4.69) is 0 Å². The van der Waals surface area contributed by atoms with Crippen molar-refractivity contribution in [3.8, 4) is 0 Å². The maximum atomic E-state index is 10.1. The Balaban J connectivity index is 3.94. The molecule has 10 heavy (non-hydrogen) atoms. The van der Waals surface area contributed by atoms with Gasteiger partial charge in [0.05, 0.1) is 5.38 Å². The molecule has 0 saturated heterocycles. The summed E-state index contributed by atoms with van der Waals surface area (Å²) in [5, 5.41) is 7.32. The summed E-state index contributed by atoms with van der Waals surface area (Å²) in [5.41, 5.74) is 5.06. The highest BCUT2D eigenvalue weighted by molar-refractivity contribution is 6.48. The van der Waals surface area contributed by atoms with Gasteiger partial charge in [-0.05, 0) is 0 Å². The van der Waals surface area contributed by atoms with E-state index in [1.54, 1.807) is 0 Å². The maximum absolute atomic E-state index is 10.1. The van der Waals surface area contributed by atoms with E-state index in [9.17, 15) is 4.79 Å². The standard InChI is InChI=1S/C4H6Cl3NO2/c5-1(3(6)7)2(8)4(9)10/h1-3H,8H2,(H,9,10). The zero-order valence-corrected chi connectivity index (χ0v) is 7.07. The fourth-order valence-corrected chi connectivity index (χ4v) is 0.714. The molecule has 0 rings (SSSR count). The zero-order chi connectivity index (χ0) is 8.31. The number of hydrogen-bond acceptors (Lipinski definition) is 2. The van der Waals surface area contributed by atoms with Crippen molar-refractivity contribution >= 4 is 40.8 Å². The number of carboxylic acid groups (broad SMARTS) is 1. The third-order valence-electron chi connectivity index (χ3n) is 0.869. The Hall–Kier alpha value is 0.300. The second kappa shape index (κ2) is 4.23. The molecule has 0 aromatic carbocycles. The summed E-state index contributed by atoms with van der Waals surface area (Å²) in [6.07, 6.45) is 0. The van der Waals surface area contributed by atoms with Gasteiger partial charge in [-0.1, -0.05) is 0 Å². The van der Waals surface area contributed by atoms with Crippen molar-refractivity contribution in [3.63, 3.8) is 0 Å². The highest BCUT2D eigenvalue weighted by Gasteiger charge is 2.27. The third-order valence-corrected chi connectivity index (χ3v) is 2.19. The van der Waals surface area contributed by atoms with Crippen LogP contribution in [0.2, 0.25) is 0 Å². The normalized spacial score (nSPS) is 16.9. The lowest BCUT2D eigenvalue weighted by atomic mass is 10.2. The molecule has 0 heterocycles. The molecular weight excluding hydrogens is 200 g/mol. The van der Waals surface area contributed by atoms with Crippen molar-refractivity contribution in [1.29, 1.82) is 0 Å². The monoisotopic (exact) mass is 205 g/mol. The molecule has 2 atom stereocenters. The molecular formula is C4H6Cl3NO2. The Morgan fingerprint density at radius 2 is 1.80 bits per heavy atom. The van der Waals surface area contributed by atoms with E-state index in [4.69, 9.17) is 45.6 Å². The van der Waals surface area contributed by atoms with Crippen molar-refractivity contribution in [1.82, 2.24) is 0 Å². The number of hydrogen-bond donors (Lipinski definition) is 2. The van der Waals surface area contributed by atoms with Crippen LogP contribution < -0.4 is 5.73 Å². The minimum atomic E-state index is -1.22. The first-order chi connectivity index (χ1) is 4.46. The number of aliphatic carboxylic acids is 1. The third kappa shape index (κ3) is 2.92. The van der Waals surface area contributed by atoms with E-state index in [0.29, 0.717) is 0 Å². The number of nitrogens with two attached hydrogens (primary N) is 1. The predicted molar refractivity (Wildman–Crippen MR) is 40.7 cm³/mol. The first-order valence-corrected chi connectivity index (χ1v) is 3.68. The maximum Gasteiger partial charge on any atom is 0.322 e. The lowest BCUT2D eigenvalue weighted by Gasteiger charge is -2.13. The first kappa shape index (κ1) is 10.3. The summed E-state index contributed by atoms with van der Waals surface area (Å²) in [5.74, 6) is -1.22. The second-order valence-electron chi connectivity index (χ2n) is 1.64. The minimum absolute atomic E-state index is 0.958. The number of carbonyl (C=O) groups is 1. The van der Waals surface area contributed by atoms with Crippen molar-refractivity contribution in [3.05, 3.63) is 0 Å². The van der Waals surface area contributed by atoms with Gasteiger partial charge in [-0.3, -0.25) is 4.79 Å². The SMILES string of the molecule is NC(C(=O)O)C(Cl)C(Cl)Cl. The van der Waals surface area contributed by atoms with Crippen LogP contribution in [0, 0.1) is 0 Å². The van der Waals surface area contributed by atoms with E-state index in [1.165, 1.54) is 0 Å². The summed E-state index contributed by atoms with van der Waals surface area (Å²) in [4.78, 5) is 9.15. The van der Waals surface area contributed by atoms with Gasteiger partial charge in [0, 0.05) is 0 Å². The van der Waals surface area contributed by atoms with E-state index in [1.807, 2.05) is 0 Å². The number of carboxylic acids is 1. The Morgan fingerprint density at radius 3 is 1.90 bits per heavy atom. The quantitative estimate of drug-likeness (QED) is 0.672. The van der Waals surface area contributed by atoms with Crippen LogP contribution in [0.25, 0.3) is 0 Å². The summed E-state index contributed by atoms with van der Waals surface area (Å²) in [6.45, 7) is 0. The smallest absolute Gasteiger partial charge is 0.322 e. The van der Waals surface area contributed by atoms with Crippen LogP contribution in [0.1, 0.15) is 0 Å². The van der Waals surface area contributed by atoms with Crippen molar-refractivity contribution in [2.75, 3.05) is 0 Å². The molecule has 0 saturated carbocycles. The Kier molecular flexibility index (Phi) is 4.36. The van der Waals surface area contributed by atoms with E-state index >= 15 is 0 Å². The minimum Gasteiger partial charge on any atom is -0.480 e. The van der Waals surface area contributed by atoms with Gasteiger partial charge in [0.15, 0.2) is 0 Å². The molecule has 0 spiro atoms. The van der Waals surface area contributed by atoms with Gasteiger partial charge in [-0.25, -0.2) is 0 Å². The molecule has 0 aromatic heterocycles. The summed E-state index contributed by atoms with van der Waals surface area (Å²) >= 11 is 15.9. The molecule has 0 amide bonds. The molecule has 0 aromatic rings. The van der Waals surface area contributed by atoms with Crippen LogP contribution in [0.4, 0.5) is 0 Å². The molecule has 0 radical (unpaired) electrons. The van der Waals surface area contributed by atoms with Crippen molar-refractivity contribution in [2.24, 2.45) is 5.73 Å². The average molecular weight is 206 g/mol. The predicted octanol–water partition coefficient (Wildman–Crippen LogP) is 0.809. The van der Waals surface area contributed by atoms with E-state index in [-0.39, 0.29) is 0 Å². The van der Waals surface area contributed by atoms with Crippen LogP contribution in [0.5, 0.6) is 0 Å². The molecule has 2 unspecified atom stereocenters. The van der Waals surface area contributed by atoms with Gasteiger partial charge in [0.2, 0.25) is 0 Å². The summed E-state index contributed by atoms with van der Waals surface area (Å²) in [6, 6.07) is -1.22. The fraction of sp³-hybridized carbons (Fsp3) is 0.750. The number of rotatable bonds is 3. The molecule has 6 heteroatoms. The molecule has 0 aliphatic rings. The molecule has 3 N–H and O–H groups in total. The van der Waals surface area contributed by atoms with Crippen LogP contribution >= 0.6 is 34.8 Å². The van der Waals surface area contributed by atoms with Gasteiger partial charge in [0.25, 0.3) is 0 Å². The fourth-order valence-electron chi connectivity index (χ4n) is 0.293. The van der Waals surface area contributed by atoms with Gasteiger partial charge >= 0.3 is 5.97 Å². The molecule has 3 nitrogen and oxygen atoms in total. The van der Waals surface area contributed by atoms with Crippen LogP contribution in [0.15, 0.2) is 0 Å². The highest BCUT2D eigenvalue weighted by Crippen LogP contribution is 2.16. The second-order valence-corrected chi connectivity index (χ2v) is 3.31. The topological polar surface area (TPSA) is 63.3 Å². The molecule has 0 bridgehead atoms. The molecule has 0 fully saturated rings. The summed E-state index contributed by atoms with van der Waals surface area (Å²) in [7, 11) is 0.